The maximum absolute atomic E-state index is 12.2. The number of hydrogen-bond donors (Lipinski definition) is 1. The molecule has 0 radical (unpaired) electrons. The lowest BCUT2D eigenvalue weighted by molar-refractivity contribution is -0.142. The molecule has 21 heavy (non-hydrogen) atoms. The van der Waals surface area contributed by atoms with Crippen LogP contribution in [0.3, 0.4) is 0 Å². The number of nitrogens with one attached hydrogen (secondary N) is 1. The molecular formula is C14H25N3O3S. The Balaban J connectivity index is 1.67. The molecule has 0 aromatic rings. The molecule has 2 aliphatic rings. The van der Waals surface area contributed by atoms with Crippen molar-refractivity contribution in [2.24, 2.45) is 0 Å². The van der Waals surface area contributed by atoms with Gasteiger partial charge in [0.15, 0.2) is 5.11 Å². The van der Waals surface area contributed by atoms with Gasteiger partial charge in [-0.1, -0.05) is 0 Å². The Morgan fingerprint density at radius 1 is 1.33 bits per heavy atom. The van der Waals surface area contributed by atoms with Crippen LogP contribution in [-0.4, -0.2) is 80.0 Å². The molecule has 2 fully saturated rings. The molecule has 120 valence electrons. The molecule has 1 N–H and O–H groups in total. The average molecular weight is 315 g/mol. The standard InChI is InChI=1S/C14H25N3O3S/c1-19-10-3-5-15-14(21)17-8-6-16(7-9-17)13(18)12-4-2-11-20-12/h12H,2-11H2,1H3,(H,15,21). The molecule has 2 saturated heterocycles. The molecule has 0 spiro atoms. The van der Waals surface area contributed by atoms with Crippen molar-refractivity contribution < 1.29 is 14.3 Å². The third-order valence-corrected chi connectivity index (χ3v) is 4.29. The molecular weight excluding hydrogens is 290 g/mol. The average Bonchev–Trinajstić information content (AvgIpc) is 3.05. The second kappa shape index (κ2) is 8.51. The molecule has 0 saturated carbocycles. The van der Waals surface area contributed by atoms with E-state index in [1.54, 1.807) is 7.11 Å². The molecule has 0 bridgehead atoms. The van der Waals surface area contributed by atoms with Crippen molar-refractivity contribution in [2.75, 3.05) is 53.0 Å². The van der Waals surface area contributed by atoms with E-state index in [2.05, 4.69) is 10.2 Å². The maximum Gasteiger partial charge on any atom is 0.251 e. The summed E-state index contributed by atoms with van der Waals surface area (Å²) in [6.45, 7) is 5.28. The minimum Gasteiger partial charge on any atom is -0.385 e. The van der Waals surface area contributed by atoms with Gasteiger partial charge in [0.2, 0.25) is 0 Å². The number of thiocarbonyl (C=S) groups is 1. The van der Waals surface area contributed by atoms with Crippen LogP contribution >= 0.6 is 12.2 Å². The molecule has 1 unspecified atom stereocenters. The van der Waals surface area contributed by atoms with Crippen molar-refractivity contribution >= 4 is 23.2 Å². The van der Waals surface area contributed by atoms with E-state index in [-0.39, 0.29) is 12.0 Å². The van der Waals surface area contributed by atoms with Gasteiger partial charge in [-0.15, -0.1) is 0 Å². The number of piperazine rings is 1. The number of ether oxygens (including phenoxy) is 2. The van der Waals surface area contributed by atoms with E-state index in [9.17, 15) is 4.79 Å². The zero-order valence-electron chi connectivity index (χ0n) is 12.7. The quantitative estimate of drug-likeness (QED) is 0.579. The summed E-state index contributed by atoms with van der Waals surface area (Å²) in [4.78, 5) is 16.3. The summed E-state index contributed by atoms with van der Waals surface area (Å²) in [6.07, 6.45) is 2.58. The Bertz CT molecular complexity index is 353. The summed E-state index contributed by atoms with van der Waals surface area (Å²) >= 11 is 5.38. The van der Waals surface area contributed by atoms with E-state index < -0.39 is 0 Å². The Hall–Kier alpha value is -0.920. The smallest absolute Gasteiger partial charge is 0.251 e. The van der Waals surface area contributed by atoms with Crippen molar-refractivity contribution in [3.8, 4) is 0 Å². The zero-order chi connectivity index (χ0) is 15.1. The van der Waals surface area contributed by atoms with Crippen LogP contribution in [-0.2, 0) is 14.3 Å². The van der Waals surface area contributed by atoms with Gasteiger partial charge >= 0.3 is 0 Å². The zero-order valence-corrected chi connectivity index (χ0v) is 13.5. The SMILES string of the molecule is COCCCNC(=S)N1CCN(C(=O)C2CCCO2)CC1. The second-order valence-corrected chi connectivity index (χ2v) is 5.78. The number of hydrogen-bond acceptors (Lipinski definition) is 4. The van der Waals surface area contributed by atoms with Gasteiger partial charge in [-0.2, -0.15) is 0 Å². The van der Waals surface area contributed by atoms with Crippen LogP contribution in [0.4, 0.5) is 0 Å². The highest BCUT2D eigenvalue weighted by Crippen LogP contribution is 2.16. The molecule has 2 rings (SSSR count). The summed E-state index contributed by atoms with van der Waals surface area (Å²) in [5, 5.41) is 4.01. The Morgan fingerprint density at radius 3 is 2.67 bits per heavy atom. The largest absolute Gasteiger partial charge is 0.385 e. The Labute approximate surface area is 131 Å². The van der Waals surface area contributed by atoms with Gasteiger partial charge in [-0.3, -0.25) is 4.79 Å². The number of methoxy groups -OCH3 is 1. The van der Waals surface area contributed by atoms with Crippen molar-refractivity contribution in [1.29, 1.82) is 0 Å². The highest BCUT2D eigenvalue weighted by Gasteiger charge is 2.30. The number of carbonyl (C=O) groups is 1. The van der Waals surface area contributed by atoms with Crippen molar-refractivity contribution in [1.82, 2.24) is 15.1 Å². The lowest BCUT2D eigenvalue weighted by Crippen LogP contribution is -2.54. The number of carbonyl (C=O) groups excluding carboxylic acids is 1. The lowest BCUT2D eigenvalue weighted by Gasteiger charge is -2.37. The van der Waals surface area contributed by atoms with Gasteiger partial charge in [0.05, 0.1) is 0 Å². The Kier molecular flexibility index (Phi) is 6.66. The van der Waals surface area contributed by atoms with Crippen molar-refractivity contribution in [2.45, 2.75) is 25.4 Å². The van der Waals surface area contributed by atoms with E-state index in [4.69, 9.17) is 21.7 Å². The lowest BCUT2D eigenvalue weighted by atomic mass is 10.2. The molecule has 0 aliphatic carbocycles. The van der Waals surface area contributed by atoms with Gasteiger partial charge in [-0.05, 0) is 31.5 Å². The Morgan fingerprint density at radius 2 is 2.05 bits per heavy atom. The maximum atomic E-state index is 12.2. The number of rotatable bonds is 5. The van der Waals surface area contributed by atoms with Crippen LogP contribution in [0.25, 0.3) is 0 Å². The first-order valence-corrected chi connectivity index (χ1v) is 8.05. The molecule has 2 aliphatic heterocycles. The monoisotopic (exact) mass is 315 g/mol. The number of amides is 1. The van der Waals surface area contributed by atoms with E-state index in [1.165, 1.54) is 0 Å². The van der Waals surface area contributed by atoms with Gasteiger partial charge in [0.1, 0.15) is 6.10 Å². The van der Waals surface area contributed by atoms with Crippen LogP contribution in [0.2, 0.25) is 0 Å². The summed E-state index contributed by atoms with van der Waals surface area (Å²) in [6, 6.07) is 0. The van der Waals surface area contributed by atoms with Gasteiger partial charge < -0.3 is 24.6 Å². The van der Waals surface area contributed by atoms with E-state index in [0.717, 1.165) is 63.7 Å². The summed E-state index contributed by atoms with van der Waals surface area (Å²) < 4.78 is 10.5. The molecule has 2 heterocycles. The van der Waals surface area contributed by atoms with Crippen LogP contribution in [0.15, 0.2) is 0 Å². The summed E-state index contributed by atoms with van der Waals surface area (Å²) in [5.41, 5.74) is 0. The fraction of sp³-hybridized carbons (Fsp3) is 0.857. The van der Waals surface area contributed by atoms with E-state index in [1.807, 2.05) is 4.90 Å². The molecule has 0 aromatic heterocycles. The van der Waals surface area contributed by atoms with Crippen LogP contribution in [0.1, 0.15) is 19.3 Å². The first kappa shape index (κ1) is 16.5. The molecule has 1 atom stereocenters. The van der Waals surface area contributed by atoms with E-state index >= 15 is 0 Å². The van der Waals surface area contributed by atoms with Crippen LogP contribution in [0.5, 0.6) is 0 Å². The third-order valence-electron chi connectivity index (χ3n) is 3.89. The summed E-state index contributed by atoms with van der Waals surface area (Å²) in [7, 11) is 1.70. The van der Waals surface area contributed by atoms with Crippen molar-refractivity contribution in [3.63, 3.8) is 0 Å². The fourth-order valence-corrected chi connectivity index (χ4v) is 2.91. The first-order chi connectivity index (χ1) is 10.2. The normalized spacial score (nSPS) is 22.4. The van der Waals surface area contributed by atoms with Gasteiger partial charge in [0.25, 0.3) is 5.91 Å². The van der Waals surface area contributed by atoms with Crippen molar-refractivity contribution in [3.05, 3.63) is 0 Å². The van der Waals surface area contributed by atoms with Gasteiger partial charge in [-0.25, -0.2) is 0 Å². The highest BCUT2D eigenvalue weighted by molar-refractivity contribution is 7.80. The van der Waals surface area contributed by atoms with Gasteiger partial charge in [0, 0.05) is 53.0 Å². The fourth-order valence-electron chi connectivity index (χ4n) is 2.63. The van der Waals surface area contributed by atoms with Crippen LogP contribution in [0, 0.1) is 0 Å². The van der Waals surface area contributed by atoms with Crippen LogP contribution < -0.4 is 5.32 Å². The minimum atomic E-state index is -0.212. The number of nitrogens with zero attached hydrogens (tertiary/aromatic N) is 2. The highest BCUT2D eigenvalue weighted by atomic mass is 32.1. The topological polar surface area (TPSA) is 54.0 Å². The molecule has 0 aromatic carbocycles. The van der Waals surface area contributed by atoms with E-state index in [0.29, 0.717) is 6.61 Å². The molecule has 6 nitrogen and oxygen atoms in total. The summed E-state index contributed by atoms with van der Waals surface area (Å²) in [5.74, 6) is 0.145. The third kappa shape index (κ3) is 4.79. The second-order valence-electron chi connectivity index (χ2n) is 5.39. The minimum absolute atomic E-state index is 0.145. The molecule has 1 amide bonds. The molecule has 7 heteroatoms. The predicted octanol–water partition coefficient (Wildman–Crippen LogP) is 0.221. The first-order valence-electron chi connectivity index (χ1n) is 7.64. The predicted molar refractivity (Wildman–Crippen MR) is 84.2 cm³/mol.